The van der Waals surface area contributed by atoms with Crippen LogP contribution >= 0.6 is 11.8 Å². The van der Waals surface area contributed by atoms with Gasteiger partial charge in [-0.1, -0.05) is 25.1 Å². The van der Waals surface area contributed by atoms with Crippen molar-refractivity contribution in [2.75, 3.05) is 5.75 Å². The molecule has 0 unspecified atom stereocenters. The van der Waals surface area contributed by atoms with Crippen molar-refractivity contribution in [2.45, 2.75) is 38.1 Å². The van der Waals surface area contributed by atoms with Crippen molar-refractivity contribution < 1.29 is 15.0 Å². The fourth-order valence-electron chi connectivity index (χ4n) is 1.32. The second-order valence-corrected chi connectivity index (χ2v) is 4.32. The molecule has 0 aromatic carbocycles. The van der Waals surface area contributed by atoms with E-state index in [-0.39, 0.29) is 12.4 Å². The molecule has 16 heavy (non-hydrogen) atoms. The normalized spacial score (nSPS) is 10.6. The number of carboxylic acids is 1. The number of imidazole rings is 1. The maximum Gasteiger partial charge on any atom is 0.313 e. The Labute approximate surface area is 98.5 Å². The van der Waals surface area contributed by atoms with Gasteiger partial charge in [0, 0.05) is 6.54 Å². The van der Waals surface area contributed by atoms with Crippen molar-refractivity contribution >= 4 is 17.7 Å². The number of rotatable bonds is 7. The lowest BCUT2D eigenvalue weighted by molar-refractivity contribution is -0.133. The van der Waals surface area contributed by atoms with Gasteiger partial charge in [-0.25, -0.2) is 4.98 Å². The number of aromatic nitrogens is 2. The summed E-state index contributed by atoms with van der Waals surface area (Å²) in [5.74, 6) is -0.867. The second-order valence-electron chi connectivity index (χ2n) is 3.38. The Kier molecular flexibility index (Phi) is 5.34. The first-order chi connectivity index (χ1) is 7.69. The number of aliphatic hydroxyl groups is 1. The predicted octanol–water partition coefficient (Wildman–Crippen LogP) is 1.35. The van der Waals surface area contributed by atoms with Gasteiger partial charge in [0.25, 0.3) is 0 Å². The summed E-state index contributed by atoms with van der Waals surface area (Å²) in [6.07, 6.45) is 3.63. The highest BCUT2D eigenvalue weighted by Crippen LogP contribution is 2.19. The fraction of sp³-hybridized carbons (Fsp3) is 0.600. The van der Waals surface area contributed by atoms with Crippen molar-refractivity contribution in [2.24, 2.45) is 0 Å². The standard InChI is InChI=1S/C10H16N2O3S/c1-2-3-4-12-8(6-13)5-11-10(12)16-7-9(14)15/h5,13H,2-4,6-7H2,1H3,(H,14,15). The average Bonchev–Trinajstić information content (AvgIpc) is 2.65. The van der Waals surface area contributed by atoms with E-state index < -0.39 is 5.97 Å². The van der Waals surface area contributed by atoms with Gasteiger partial charge in [0.2, 0.25) is 0 Å². The van der Waals surface area contributed by atoms with Gasteiger partial charge in [-0.3, -0.25) is 4.79 Å². The third kappa shape index (κ3) is 3.53. The van der Waals surface area contributed by atoms with Crippen LogP contribution in [0.5, 0.6) is 0 Å². The molecule has 0 amide bonds. The van der Waals surface area contributed by atoms with E-state index in [4.69, 9.17) is 10.2 Å². The Hall–Kier alpha value is -1.01. The molecule has 0 saturated carbocycles. The molecule has 1 heterocycles. The molecular weight excluding hydrogens is 228 g/mol. The Bertz CT molecular complexity index is 352. The molecule has 0 radical (unpaired) electrons. The number of hydrogen-bond acceptors (Lipinski definition) is 4. The minimum atomic E-state index is -0.861. The first-order valence-electron chi connectivity index (χ1n) is 5.18. The summed E-state index contributed by atoms with van der Waals surface area (Å²) in [5.41, 5.74) is 0.737. The number of aliphatic hydroxyl groups excluding tert-OH is 1. The minimum Gasteiger partial charge on any atom is -0.481 e. The van der Waals surface area contributed by atoms with Crippen LogP contribution in [-0.4, -0.2) is 31.5 Å². The van der Waals surface area contributed by atoms with Crippen molar-refractivity contribution in [1.82, 2.24) is 9.55 Å². The van der Waals surface area contributed by atoms with Gasteiger partial charge in [-0.2, -0.15) is 0 Å². The highest BCUT2D eigenvalue weighted by Gasteiger charge is 2.10. The summed E-state index contributed by atoms with van der Waals surface area (Å²) in [7, 11) is 0. The lowest BCUT2D eigenvalue weighted by atomic mass is 10.3. The predicted molar refractivity (Wildman–Crippen MR) is 61.4 cm³/mol. The zero-order valence-corrected chi connectivity index (χ0v) is 10.0. The van der Waals surface area contributed by atoms with Crippen molar-refractivity contribution in [3.8, 4) is 0 Å². The molecule has 1 rings (SSSR count). The van der Waals surface area contributed by atoms with Crippen LogP contribution in [0.4, 0.5) is 0 Å². The molecule has 0 aliphatic carbocycles. The molecule has 1 aromatic rings. The summed E-state index contributed by atoms with van der Waals surface area (Å²) in [5, 5.41) is 18.4. The SMILES string of the molecule is CCCCn1c(CO)cnc1SCC(=O)O. The molecule has 0 aliphatic rings. The first kappa shape index (κ1) is 13.1. The molecule has 0 atom stereocenters. The lowest BCUT2D eigenvalue weighted by Crippen LogP contribution is -2.06. The molecule has 1 aromatic heterocycles. The van der Waals surface area contributed by atoms with Crippen molar-refractivity contribution in [3.05, 3.63) is 11.9 Å². The topological polar surface area (TPSA) is 75.3 Å². The van der Waals surface area contributed by atoms with E-state index in [1.54, 1.807) is 6.20 Å². The smallest absolute Gasteiger partial charge is 0.313 e. The van der Waals surface area contributed by atoms with Gasteiger partial charge in [-0.15, -0.1) is 0 Å². The summed E-state index contributed by atoms with van der Waals surface area (Å²) in [4.78, 5) is 14.6. The van der Waals surface area contributed by atoms with Crippen molar-refractivity contribution in [3.63, 3.8) is 0 Å². The largest absolute Gasteiger partial charge is 0.481 e. The van der Waals surface area contributed by atoms with Crippen LogP contribution in [0.15, 0.2) is 11.4 Å². The molecular formula is C10H16N2O3S. The number of carboxylic acid groups (broad SMARTS) is 1. The molecule has 90 valence electrons. The van der Waals surface area contributed by atoms with E-state index in [1.165, 1.54) is 11.8 Å². The quantitative estimate of drug-likeness (QED) is 0.708. The zero-order chi connectivity index (χ0) is 12.0. The van der Waals surface area contributed by atoms with Crippen LogP contribution in [0.25, 0.3) is 0 Å². The fourth-order valence-corrected chi connectivity index (χ4v) is 2.06. The summed E-state index contributed by atoms with van der Waals surface area (Å²) >= 11 is 1.18. The van der Waals surface area contributed by atoms with E-state index in [0.717, 1.165) is 25.1 Å². The lowest BCUT2D eigenvalue weighted by Gasteiger charge is -2.08. The molecule has 0 aliphatic heterocycles. The molecule has 0 fully saturated rings. The Morgan fingerprint density at radius 2 is 2.38 bits per heavy atom. The number of unbranched alkanes of at least 4 members (excludes halogenated alkanes) is 1. The van der Waals surface area contributed by atoms with Gasteiger partial charge in [0.15, 0.2) is 5.16 Å². The Morgan fingerprint density at radius 3 is 2.94 bits per heavy atom. The summed E-state index contributed by atoms with van der Waals surface area (Å²) < 4.78 is 1.89. The maximum atomic E-state index is 10.5. The zero-order valence-electron chi connectivity index (χ0n) is 9.22. The first-order valence-corrected chi connectivity index (χ1v) is 6.17. The van der Waals surface area contributed by atoms with E-state index in [9.17, 15) is 4.79 Å². The summed E-state index contributed by atoms with van der Waals surface area (Å²) in [6.45, 7) is 2.79. The average molecular weight is 244 g/mol. The Morgan fingerprint density at radius 1 is 1.62 bits per heavy atom. The van der Waals surface area contributed by atoms with E-state index in [2.05, 4.69) is 11.9 Å². The molecule has 0 bridgehead atoms. The highest BCUT2D eigenvalue weighted by molar-refractivity contribution is 7.99. The minimum absolute atomic E-state index is 0.00595. The second kappa shape index (κ2) is 6.55. The molecule has 5 nitrogen and oxygen atoms in total. The van der Waals surface area contributed by atoms with Gasteiger partial charge >= 0.3 is 5.97 Å². The Balaban J connectivity index is 2.73. The van der Waals surface area contributed by atoms with E-state index >= 15 is 0 Å². The van der Waals surface area contributed by atoms with Crippen LogP contribution in [0, 0.1) is 0 Å². The third-order valence-electron chi connectivity index (χ3n) is 2.12. The van der Waals surface area contributed by atoms with Gasteiger partial charge < -0.3 is 14.8 Å². The third-order valence-corrected chi connectivity index (χ3v) is 3.10. The highest BCUT2D eigenvalue weighted by atomic mass is 32.2. The van der Waals surface area contributed by atoms with Crippen molar-refractivity contribution in [1.29, 1.82) is 0 Å². The van der Waals surface area contributed by atoms with Crippen LogP contribution in [0.2, 0.25) is 0 Å². The van der Waals surface area contributed by atoms with Gasteiger partial charge in [0.05, 0.1) is 24.3 Å². The van der Waals surface area contributed by atoms with Crippen LogP contribution < -0.4 is 0 Å². The number of thioether (sulfide) groups is 1. The maximum absolute atomic E-state index is 10.5. The number of aliphatic carboxylic acids is 1. The van der Waals surface area contributed by atoms with Crippen LogP contribution in [0.1, 0.15) is 25.5 Å². The number of nitrogens with zero attached hydrogens (tertiary/aromatic N) is 2. The molecule has 0 saturated heterocycles. The molecule has 0 spiro atoms. The summed E-state index contributed by atoms with van der Waals surface area (Å²) in [6, 6.07) is 0. The van der Waals surface area contributed by atoms with Crippen LogP contribution in [-0.2, 0) is 17.9 Å². The number of carbonyl (C=O) groups is 1. The van der Waals surface area contributed by atoms with Gasteiger partial charge in [-0.05, 0) is 6.42 Å². The van der Waals surface area contributed by atoms with Crippen LogP contribution in [0.3, 0.4) is 0 Å². The molecule has 2 N–H and O–H groups in total. The molecule has 6 heteroatoms. The van der Waals surface area contributed by atoms with E-state index in [0.29, 0.717) is 5.16 Å². The van der Waals surface area contributed by atoms with E-state index in [1.807, 2.05) is 4.57 Å². The number of hydrogen-bond donors (Lipinski definition) is 2. The van der Waals surface area contributed by atoms with Gasteiger partial charge in [0.1, 0.15) is 0 Å². The monoisotopic (exact) mass is 244 g/mol.